The molecule has 43 heavy (non-hydrogen) atoms. The van der Waals surface area contributed by atoms with Crippen molar-refractivity contribution in [3.8, 4) is 11.1 Å². The molecule has 0 aromatic heterocycles. The van der Waals surface area contributed by atoms with E-state index >= 15 is 0 Å². The fourth-order valence-electron chi connectivity index (χ4n) is 10.9. The summed E-state index contributed by atoms with van der Waals surface area (Å²) in [6, 6.07) is 32.4. The van der Waals surface area contributed by atoms with E-state index in [1.165, 1.54) is 49.7 Å². The molecule has 0 heterocycles. The van der Waals surface area contributed by atoms with Crippen LogP contribution >= 0.6 is 0 Å². The molecule has 4 atom stereocenters. The van der Waals surface area contributed by atoms with Crippen LogP contribution < -0.4 is 8.45 Å². The number of hydrogen-bond acceptors (Lipinski definition) is 1. The zero-order valence-electron chi connectivity index (χ0n) is 27.8. The average molecular weight is 667 g/mol. The minimum Gasteiger partial charge on any atom is -0.0622 e. The minimum atomic E-state index is -2.77. The van der Waals surface area contributed by atoms with Gasteiger partial charge < -0.3 is 0 Å². The van der Waals surface area contributed by atoms with Crippen LogP contribution in [0.3, 0.4) is 0 Å². The molecule has 0 amide bonds. The van der Waals surface area contributed by atoms with Crippen molar-refractivity contribution in [2.24, 2.45) is 22.7 Å². The van der Waals surface area contributed by atoms with Gasteiger partial charge in [0, 0.05) is 0 Å². The van der Waals surface area contributed by atoms with Gasteiger partial charge in [-0.2, -0.15) is 0 Å². The summed E-state index contributed by atoms with van der Waals surface area (Å²) in [7, 11) is 0. The van der Waals surface area contributed by atoms with Crippen LogP contribution in [0.25, 0.3) is 11.1 Å². The summed E-state index contributed by atoms with van der Waals surface area (Å²) in [5.74, 6) is 1.62. The van der Waals surface area contributed by atoms with E-state index in [0.717, 1.165) is 5.92 Å². The molecule has 3 heteroatoms. The Balaban J connectivity index is 0.000000229. The Morgan fingerprint density at radius 1 is 0.674 bits per heavy atom. The summed E-state index contributed by atoms with van der Waals surface area (Å²) in [4.78, 5) is 0. The molecule has 0 spiro atoms. The summed E-state index contributed by atoms with van der Waals surface area (Å²) in [6.45, 7) is 14.7. The Morgan fingerprint density at radius 2 is 1.16 bits per heavy atom. The van der Waals surface area contributed by atoms with Gasteiger partial charge in [-0.05, 0) is 11.1 Å². The topological polar surface area (TPSA) is 12.0 Å². The second kappa shape index (κ2) is 11.9. The normalized spacial score (nSPS) is 32.7. The summed E-state index contributed by atoms with van der Waals surface area (Å²) in [5, 5.41) is 1.69. The molecule has 3 aromatic rings. The molecular weight excluding hydrogens is 614 g/mol. The Hall–Kier alpha value is -1.80. The molecule has 5 aliphatic carbocycles. The minimum absolute atomic E-state index is 0.343. The number of allylic oxidation sites excluding steroid dienone is 4. The molecule has 1 nitrogen and oxygen atoms in total. The third-order valence-electron chi connectivity index (χ3n) is 11.7. The molecule has 5 aliphatic rings. The van der Waals surface area contributed by atoms with E-state index in [1.54, 1.807) is 21.9 Å². The molecule has 3 aromatic carbocycles. The molecule has 8 rings (SSSR count). The third-order valence-corrected chi connectivity index (χ3v) is 32.4. The molecule has 226 valence electrons. The van der Waals surface area contributed by atoms with Crippen molar-refractivity contribution in [1.29, 1.82) is 0 Å². The number of nitrogens with one attached hydrogen (secondary N) is 1. The molecular formula is C40H53NSiZr. The van der Waals surface area contributed by atoms with Crippen molar-refractivity contribution in [3.05, 3.63) is 111 Å². The van der Waals surface area contributed by atoms with Crippen LogP contribution in [-0.2, 0) is 19.7 Å². The van der Waals surface area contributed by atoms with Crippen LogP contribution in [0.1, 0.15) is 80.1 Å². The monoisotopic (exact) mass is 665 g/mol. The van der Waals surface area contributed by atoms with Crippen LogP contribution in [-0.4, -0.2) is 12.2 Å². The van der Waals surface area contributed by atoms with Gasteiger partial charge in [0.2, 0.25) is 0 Å². The van der Waals surface area contributed by atoms with Gasteiger partial charge in [-0.15, -0.1) is 0 Å². The first-order valence-corrected chi connectivity index (χ1v) is 28.3. The van der Waals surface area contributed by atoms with E-state index in [0.29, 0.717) is 22.3 Å². The fraction of sp³-hybridized carbons (Fsp3) is 0.450. The van der Waals surface area contributed by atoms with Gasteiger partial charge in [-0.3, -0.25) is 0 Å². The maximum atomic E-state index is 4.77. The maximum absolute atomic E-state index is 4.77. The van der Waals surface area contributed by atoms with Gasteiger partial charge in [0.1, 0.15) is 0 Å². The van der Waals surface area contributed by atoms with E-state index in [1.807, 2.05) is 15.4 Å². The van der Waals surface area contributed by atoms with Gasteiger partial charge >= 0.3 is 198 Å². The van der Waals surface area contributed by atoms with Crippen molar-refractivity contribution < 1.29 is 19.7 Å². The van der Waals surface area contributed by atoms with Crippen LogP contribution in [0, 0.1) is 22.7 Å². The van der Waals surface area contributed by atoms with E-state index in [-0.39, 0.29) is 6.65 Å². The first-order chi connectivity index (χ1) is 20.4. The molecule has 4 unspecified atom stereocenters. The van der Waals surface area contributed by atoms with Crippen molar-refractivity contribution in [3.63, 3.8) is 0 Å². The van der Waals surface area contributed by atoms with E-state index in [9.17, 15) is 0 Å². The van der Waals surface area contributed by atoms with Crippen LogP contribution in [0.4, 0.5) is 0 Å². The second-order valence-electron chi connectivity index (χ2n) is 15.8. The fourth-order valence-corrected chi connectivity index (χ4v) is 37.2. The van der Waals surface area contributed by atoms with Crippen molar-refractivity contribution in [2.75, 3.05) is 0 Å². The van der Waals surface area contributed by atoms with Gasteiger partial charge in [-0.1, -0.05) is 60.7 Å². The number of hydrogen-bond donors (Lipinski definition) is 1. The Morgan fingerprint density at radius 3 is 1.60 bits per heavy atom. The first-order valence-electron chi connectivity index (χ1n) is 16.8. The standard InChI is InChI=1S/C12H20N.C12H10.C9H13.C6H7Si.CH3.Zr/c1-10-3-9-4-11(2,6-10)8-12(13,5-9)7-10;1-3-7-11(8-4-1)12-9-5-2-6-10-12;1-6-5-7(2)9(4)8(6)3;7-6-4-2-1-3-5-6;;/h9,13H,3-8H2,1-2H3;1-10H;6H,1-4H3;1-5H,7H2;1H3;/q-1;;;;;+1. The summed E-state index contributed by atoms with van der Waals surface area (Å²) in [5.41, 5.74) is 9.04. The Labute approximate surface area is 268 Å². The number of benzene rings is 3. The van der Waals surface area contributed by atoms with E-state index < -0.39 is 19.7 Å². The zero-order valence-corrected chi connectivity index (χ0v) is 31.6. The Kier molecular flexibility index (Phi) is 8.60. The van der Waals surface area contributed by atoms with Crippen molar-refractivity contribution in [1.82, 2.24) is 3.26 Å². The molecule has 4 saturated carbocycles. The first kappa shape index (κ1) is 31.2. The second-order valence-corrected chi connectivity index (χ2v) is 36.5. The summed E-state index contributed by atoms with van der Waals surface area (Å²) in [6.07, 6.45) is 8.79. The Bertz CT molecular complexity index is 1450. The zero-order chi connectivity index (χ0) is 30.5. The molecule has 0 saturated heterocycles. The number of rotatable bonds is 6. The van der Waals surface area contributed by atoms with Crippen molar-refractivity contribution in [2.45, 2.75) is 90.2 Å². The van der Waals surface area contributed by atoms with Gasteiger partial charge in [0.15, 0.2) is 0 Å². The molecule has 0 radical (unpaired) electrons. The molecule has 0 aliphatic heterocycles. The largest absolute Gasteiger partial charge is 0.0622 e. The molecule has 4 bridgehead atoms. The van der Waals surface area contributed by atoms with Gasteiger partial charge in [-0.25, -0.2) is 0 Å². The summed E-state index contributed by atoms with van der Waals surface area (Å²) >= 11 is -2.77. The molecule has 4 fully saturated rings. The third kappa shape index (κ3) is 6.34. The van der Waals surface area contributed by atoms with Crippen molar-refractivity contribution >= 4 is 11.8 Å². The SMILES string of the molecule is CC1=C(C)C(C)[C]([Zr]([CH3])([NH]C23CC4CC(C)(CC(C)(C4)C2)C3)[SiH2]c2ccccc2)=C1C.c1ccc(-c2ccccc2)cc1. The van der Waals surface area contributed by atoms with E-state index in [2.05, 4.69) is 125 Å². The maximum Gasteiger partial charge on any atom is -0.0184 e. The van der Waals surface area contributed by atoms with E-state index in [4.69, 9.17) is 3.26 Å². The quantitative estimate of drug-likeness (QED) is 0.259. The van der Waals surface area contributed by atoms with Gasteiger partial charge in [0.05, 0.1) is 0 Å². The van der Waals surface area contributed by atoms with Gasteiger partial charge in [0.25, 0.3) is 0 Å². The predicted octanol–water partition coefficient (Wildman–Crippen LogP) is 9.47. The van der Waals surface area contributed by atoms with Crippen LogP contribution in [0.15, 0.2) is 111 Å². The summed E-state index contributed by atoms with van der Waals surface area (Å²) < 4.78 is 9.49. The van der Waals surface area contributed by atoms with Crippen LogP contribution in [0.2, 0.25) is 4.63 Å². The predicted molar refractivity (Wildman–Crippen MR) is 186 cm³/mol. The average Bonchev–Trinajstić information content (AvgIpc) is 3.15. The molecule has 1 N–H and O–H groups in total. The smallest absolute Gasteiger partial charge is 0.0184 e. The van der Waals surface area contributed by atoms with Crippen LogP contribution in [0.5, 0.6) is 0 Å².